The maximum absolute atomic E-state index is 5.62. The van der Waals surface area contributed by atoms with E-state index in [4.69, 9.17) is 4.74 Å². The zero-order valence-corrected chi connectivity index (χ0v) is 11.2. The van der Waals surface area contributed by atoms with E-state index in [1.54, 1.807) is 12.4 Å². The van der Waals surface area contributed by atoms with Gasteiger partial charge in [-0.15, -0.1) is 0 Å². The smallest absolute Gasteiger partial charge is 0.321 e. The molecule has 0 spiro atoms. The molecule has 0 aliphatic carbocycles. The van der Waals surface area contributed by atoms with Crippen molar-refractivity contribution in [1.82, 2.24) is 9.97 Å². The standard InChI is InChI=1S/C12H11IN2O/c1-8-4-3-5-11(9(8)2)16-12-14-6-10(13)7-15-12/h3-7H,1-2H3. The van der Waals surface area contributed by atoms with Gasteiger partial charge in [-0.2, -0.15) is 0 Å². The Labute approximate surface area is 108 Å². The zero-order chi connectivity index (χ0) is 11.5. The van der Waals surface area contributed by atoms with Gasteiger partial charge in [0.1, 0.15) is 5.75 Å². The average molecular weight is 326 g/mol. The first-order valence-corrected chi connectivity index (χ1v) is 5.96. The van der Waals surface area contributed by atoms with Gasteiger partial charge in [-0.3, -0.25) is 0 Å². The van der Waals surface area contributed by atoms with Gasteiger partial charge >= 0.3 is 6.01 Å². The molecule has 2 aromatic rings. The number of aromatic nitrogens is 2. The van der Waals surface area contributed by atoms with Crippen molar-refractivity contribution in [2.75, 3.05) is 0 Å². The van der Waals surface area contributed by atoms with E-state index in [1.165, 1.54) is 5.56 Å². The Kier molecular flexibility index (Phi) is 3.38. The summed E-state index contributed by atoms with van der Waals surface area (Å²) in [7, 11) is 0. The van der Waals surface area contributed by atoms with E-state index < -0.39 is 0 Å². The van der Waals surface area contributed by atoms with Crippen molar-refractivity contribution in [3.8, 4) is 11.8 Å². The predicted octanol–water partition coefficient (Wildman–Crippen LogP) is 3.49. The molecule has 0 bridgehead atoms. The Morgan fingerprint density at radius 1 is 1.12 bits per heavy atom. The summed E-state index contributed by atoms with van der Waals surface area (Å²) in [5.41, 5.74) is 2.31. The molecule has 1 aromatic heterocycles. The highest BCUT2D eigenvalue weighted by Crippen LogP contribution is 2.24. The molecule has 0 atom stereocenters. The van der Waals surface area contributed by atoms with E-state index in [0.29, 0.717) is 6.01 Å². The molecule has 1 heterocycles. The second-order valence-corrected chi connectivity index (χ2v) is 4.73. The fraction of sp³-hybridized carbons (Fsp3) is 0.167. The van der Waals surface area contributed by atoms with Crippen LogP contribution < -0.4 is 4.74 Å². The molecule has 0 aliphatic heterocycles. The number of hydrogen-bond donors (Lipinski definition) is 0. The lowest BCUT2D eigenvalue weighted by Crippen LogP contribution is -1.94. The number of hydrogen-bond acceptors (Lipinski definition) is 3. The van der Waals surface area contributed by atoms with E-state index >= 15 is 0 Å². The number of benzene rings is 1. The van der Waals surface area contributed by atoms with Gasteiger partial charge in [-0.1, -0.05) is 12.1 Å². The molecule has 0 saturated carbocycles. The minimum Gasteiger partial charge on any atom is -0.424 e. The van der Waals surface area contributed by atoms with Gasteiger partial charge < -0.3 is 4.74 Å². The number of nitrogens with zero attached hydrogens (tertiary/aromatic N) is 2. The highest BCUT2D eigenvalue weighted by molar-refractivity contribution is 14.1. The summed E-state index contributed by atoms with van der Waals surface area (Å²) in [6.07, 6.45) is 3.46. The number of aryl methyl sites for hydroxylation is 1. The molecular weight excluding hydrogens is 315 g/mol. The fourth-order valence-corrected chi connectivity index (χ4v) is 1.56. The Hall–Kier alpha value is -1.17. The Morgan fingerprint density at radius 3 is 2.50 bits per heavy atom. The molecule has 0 fully saturated rings. The lowest BCUT2D eigenvalue weighted by Gasteiger charge is -2.08. The van der Waals surface area contributed by atoms with Crippen LogP contribution in [0, 0.1) is 17.4 Å². The van der Waals surface area contributed by atoms with Gasteiger partial charge in [0.25, 0.3) is 0 Å². The monoisotopic (exact) mass is 326 g/mol. The molecule has 0 aliphatic rings. The van der Waals surface area contributed by atoms with Crippen LogP contribution in [0.15, 0.2) is 30.6 Å². The molecule has 0 saturated heterocycles. The molecule has 82 valence electrons. The molecule has 0 unspecified atom stereocenters. The maximum atomic E-state index is 5.62. The van der Waals surface area contributed by atoms with Gasteiger partial charge in [0.2, 0.25) is 0 Å². The van der Waals surface area contributed by atoms with Crippen LogP contribution in [-0.4, -0.2) is 9.97 Å². The Morgan fingerprint density at radius 2 is 1.81 bits per heavy atom. The van der Waals surface area contributed by atoms with E-state index in [1.807, 2.05) is 19.1 Å². The van der Waals surface area contributed by atoms with Crippen LogP contribution in [0.4, 0.5) is 0 Å². The molecule has 0 radical (unpaired) electrons. The average Bonchev–Trinajstić information content (AvgIpc) is 2.28. The normalized spacial score (nSPS) is 10.2. The lowest BCUT2D eigenvalue weighted by atomic mass is 10.1. The number of rotatable bonds is 2. The number of halogens is 1. The largest absolute Gasteiger partial charge is 0.424 e. The van der Waals surface area contributed by atoms with Crippen LogP contribution in [0.3, 0.4) is 0 Å². The third kappa shape index (κ3) is 2.49. The minimum absolute atomic E-state index is 0.383. The highest BCUT2D eigenvalue weighted by Gasteiger charge is 2.04. The quantitative estimate of drug-likeness (QED) is 0.793. The molecule has 0 N–H and O–H groups in total. The van der Waals surface area contributed by atoms with Crippen LogP contribution in [0.25, 0.3) is 0 Å². The first-order chi connectivity index (χ1) is 7.66. The lowest BCUT2D eigenvalue weighted by molar-refractivity contribution is 0.438. The molecule has 0 amide bonds. The van der Waals surface area contributed by atoms with Crippen LogP contribution in [0.2, 0.25) is 0 Å². The minimum atomic E-state index is 0.383. The first kappa shape index (κ1) is 11.3. The van der Waals surface area contributed by atoms with Crippen LogP contribution in [0.5, 0.6) is 11.8 Å². The third-order valence-electron chi connectivity index (χ3n) is 2.35. The summed E-state index contributed by atoms with van der Waals surface area (Å²) >= 11 is 2.16. The summed E-state index contributed by atoms with van der Waals surface area (Å²) < 4.78 is 6.61. The van der Waals surface area contributed by atoms with Crippen LogP contribution >= 0.6 is 22.6 Å². The van der Waals surface area contributed by atoms with Crippen molar-refractivity contribution in [3.05, 3.63) is 45.3 Å². The molecular formula is C12H11IN2O. The Bertz CT molecular complexity index is 497. The van der Waals surface area contributed by atoms with Crippen LogP contribution in [0.1, 0.15) is 11.1 Å². The fourth-order valence-electron chi connectivity index (χ4n) is 1.29. The molecule has 4 heteroatoms. The van der Waals surface area contributed by atoms with Gasteiger partial charge in [-0.25, -0.2) is 9.97 Å². The van der Waals surface area contributed by atoms with E-state index in [2.05, 4.69) is 45.5 Å². The zero-order valence-electron chi connectivity index (χ0n) is 9.07. The van der Waals surface area contributed by atoms with Gasteiger partial charge in [0, 0.05) is 16.0 Å². The van der Waals surface area contributed by atoms with Crippen LogP contribution in [-0.2, 0) is 0 Å². The van der Waals surface area contributed by atoms with Crippen molar-refractivity contribution in [2.24, 2.45) is 0 Å². The van der Waals surface area contributed by atoms with E-state index in [-0.39, 0.29) is 0 Å². The maximum Gasteiger partial charge on any atom is 0.321 e. The summed E-state index contributed by atoms with van der Waals surface area (Å²) in [5, 5.41) is 0. The van der Waals surface area contributed by atoms with Gasteiger partial charge in [0.05, 0.1) is 0 Å². The summed E-state index contributed by atoms with van der Waals surface area (Å²) in [4.78, 5) is 8.21. The van der Waals surface area contributed by atoms with E-state index in [9.17, 15) is 0 Å². The third-order valence-corrected chi connectivity index (χ3v) is 2.91. The summed E-state index contributed by atoms with van der Waals surface area (Å²) in [5.74, 6) is 0.807. The van der Waals surface area contributed by atoms with Crippen molar-refractivity contribution in [2.45, 2.75) is 13.8 Å². The second kappa shape index (κ2) is 4.78. The Balaban J connectivity index is 2.27. The molecule has 1 aromatic carbocycles. The topological polar surface area (TPSA) is 35.0 Å². The van der Waals surface area contributed by atoms with Crippen molar-refractivity contribution in [1.29, 1.82) is 0 Å². The highest BCUT2D eigenvalue weighted by atomic mass is 127. The molecule has 3 nitrogen and oxygen atoms in total. The molecule has 2 rings (SSSR count). The number of ether oxygens (including phenoxy) is 1. The van der Waals surface area contributed by atoms with Crippen molar-refractivity contribution >= 4 is 22.6 Å². The predicted molar refractivity (Wildman–Crippen MR) is 70.7 cm³/mol. The second-order valence-electron chi connectivity index (χ2n) is 3.48. The van der Waals surface area contributed by atoms with E-state index in [0.717, 1.165) is 14.9 Å². The van der Waals surface area contributed by atoms with Crippen molar-refractivity contribution < 1.29 is 4.74 Å². The SMILES string of the molecule is Cc1cccc(Oc2ncc(I)cn2)c1C. The summed E-state index contributed by atoms with van der Waals surface area (Å²) in [6, 6.07) is 6.32. The summed E-state index contributed by atoms with van der Waals surface area (Å²) in [6.45, 7) is 4.08. The van der Waals surface area contributed by atoms with Gasteiger partial charge in [-0.05, 0) is 53.6 Å². The first-order valence-electron chi connectivity index (χ1n) is 4.88. The van der Waals surface area contributed by atoms with Gasteiger partial charge in [0.15, 0.2) is 0 Å². The van der Waals surface area contributed by atoms with Crippen molar-refractivity contribution in [3.63, 3.8) is 0 Å². The molecule has 16 heavy (non-hydrogen) atoms.